The van der Waals surface area contributed by atoms with E-state index in [1.807, 2.05) is 13.8 Å². The zero-order valence-electron chi connectivity index (χ0n) is 12.7. The lowest BCUT2D eigenvalue weighted by atomic mass is 10.0. The van der Waals surface area contributed by atoms with Gasteiger partial charge in [-0.05, 0) is 63.6 Å². The lowest BCUT2D eigenvalue weighted by molar-refractivity contribution is 0.0696. The van der Waals surface area contributed by atoms with Crippen LogP contribution in [0.3, 0.4) is 0 Å². The third-order valence-corrected chi connectivity index (χ3v) is 5.85. The van der Waals surface area contributed by atoms with E-state index in [9.17, 15) is 13.2 Å². The summed E-state index contributed by atoms with van der Waals surface area (Å²) in [5, 5.41) is 9.16. The lowest BCUT2D eigenvalue weighted by Crippen LogP contribution is -2.45. The molecule has 0 aliphatic heterocycles. The first-order valence-electron chi connectivity index (χ1n) is 6.93. The Bertz CT molecular complexity index is 688. The average molecular weight is 311 g/mol. The van der Waals surface area contributed by atoms with E-state index in [2.05, 4.69) is 4.72 Å². The normalized spacial score (nSPS) is 16.0. The number of nitrogens with one attached hydrogen (secondary N) is 1. The summed E-state index contributed by atoms with van der Waals surface area (Å²) in [7, 11) is -3.74. The maximum Gasteiger partial charge on any atom is 0.335 e. The Labute approximate surface area is 125 Å². The van der Waals surface area contributed by atoms with Crippen molar-refractivity contribution in [1.29, 1.82) is 0 Å². The molecule has 1 fully saturated rings. The highest BCUT2D eigenvalue weighted by atomic mass is 32.2. The summed E-state index contributed by atoms with van der Waals surface area (Å²) in [4.78, 5) is 11.2. The van der Waals surface area contributed by atoms with E-state index in [0.29, 0.717) is 17.0 Å². The number of carboxylic acids is 1. The number of carboxylic acid groups (broad SMARTS) is 1. The molecule has 0 heterocycles. The van der Waals surface area contributed by atoms with Gasteiger partial charge in [0.1, 0.15) is 0 Å². The largest absolute Gasteiger partial charge is 0.478 e. The van der Waals surface area contributed by atoms with Gasteiger partial charge in [-0.3, -0.25) is 0 Å². The van der Waals surface area contributed by atoms with Crippen molar-refractivity contribution >= 4 is 16.0 Å². The molecule has 0 radical (unpaired) electrons. The molecule has 116 valence electrons. The first kappa shape index (κ1) is 16.0. The molecule has 6 heteroatoms. The van der Waals surface area contributed by atoms with E-state index in [1.54, 1.807) is 19.9 Å². The van der Waals surface area contributed by atoms with Gasteiger partial charge in [-0.25, -0.2) is 17.9 Å². The first-order valence-corrected chi connectivity index (χ1v) is 8.41. The van der Waals surface area contributed by atoms with Crippen LogP contribution in [0.1, 0.15) is 48.2 Å². The average Bonchev–Trinajstić information content (AvgIpc) is 3.09. The number of hydrogen-bond acceptors (Lipinski definition) is 3. The molecule has 1 aromatic rings. The van der Waals surface area contributed by atoms with E-state index in [4.69, 9.17) is 5.11 Å². The molecule has 0 amide bonds. The van der Waals surface area contributed by atoms with E-state index in [1.165, 1.54) is 6.07 Å². The van der Waals surface area contributed by atoms with E-state index in [0.717, 1.165) is 12.8 Å². The van der Waals surface area contributed by atoms with Crippen LogP contribution in [0.15, 0.2) is 17.0 Å². The molecule has 0 bridgehead atoms. The van der Waals surface area contributed by atoms with Crippen molar-refractivity contribution in [1.82, 2.24) is 4.72 Å². The molecular formula is C15H21NO4S. The lowest BCUT2D eigenvalue weighted by Gasteiger charge is -2.26. The third-order valence-electron chi connectivity index (χ3n) is 4.04. The Morgan fingerprint density at radius 1 is 1.24 bits per heavy atom. The number of aromatic carboxylic acids is 1. The fourth-order valence-corrected chi connectivity index (χ4v) is 4.37. The van der Waals surface area contributed by atoms with Crippen molar-refractivity contribution in [2.75, 3.05) is 0 Å². The molecule has 1 saturated carbocycles. The van der Waals surface area contributed by atoms with Crippen molar-refractivity contribution in [3.05, 3.63) is 28.8 Å². The van der Waals surface area contributed by atoms with E-state index < -0.39 is 21.5 Å². The second-order valence-corrected chi connectivity index (χ2v) is 7.99. The van der Waals surface area contributed by atoms with Gasteiger partial charge < -0.3 is 5.11 Å². The number of hydrogen-bond donors (Lipinski definition) is 2. The molecule has 1 aromatic carbocycles. The molecule has 0 aromatic heterocycles. The minimum absolute atomic E-state index is 0.0187. The Hall–Kier alpha value is -1.40. The van der Waals surface area contributed by atoms with Crippen LogP contribution >= 0.6 is 0 Å². The highest BCUT2D eigenvalue weighted by Crippen LogP contribution is 2.40. The highest BCUT2D eigenvalue weighted by Gasteiger charge is 2.41. The van der Waals surface area contributed by atoms with E-state index >= 15 is 0 Å². The molecular weight excluding hydrogens is 290 g/mol. The topological polar surface area (TPSA) is 83.5 Å². The minimum atomic E-state index is -3.74. The Balaban J connectivity index is 2.44. The maximum atomic E-state index is 12.6. The summed E-state index contributed by atoms with van der Waals surface area (Å²) >= 11 is 0. The maximum absolute atomic E-state index is 12.6. The third kappa shape index (κ3) is 3.27. The molecule has 0 atom stereocenters. The van der Waals surface area contributed by atoms with Gasteiger partial charge >= 0.3 is 5.97 Å². The number of sulfonamides is 1. The van der Waals surface area contributed by atoms with Crippen LogP contribution in [0.5, 0.6) is 0 Å². The summed E-state index contributed by atoms with van der Waals surface area (Å²) in [6, 6.07) is 2.85. The van der Waals surface area contributed by atoms with Gasteiger partial charge in [0.15, 0.2) is 0 Å². The summed E-state index contributed by atoms with van der Waals surface area (Å²) in [6.45, 7) is 7.07. The zero-order valence-corrected chi connectivity index (χ0v) is 13.5. The molecule has 5 nitrogen and oxygen atoms in total. The number of carbonyl (C=O) groups is 1. The van der Waals surface area contributed by atoms with Gasteiger partial charge in [0, 0.05) is 5.54 Å². The second-order valence-electron chi connectivity index (χ2n) is 6.34. The molecule has 2 N–H and O–H groups in total. The standard InChI is InChI=1S/C15H21NO4S/c1-9-7-10(2)13(8-12(9)14(17)18)21(19,20)16-15(3,4)11-5-6-11/h7-8,11,16H,5-6H2,1-4H3,(H,17,18). The minimum Gasteiger partial charge on any atom is -0.478 e. The molecule has 2 rings (SSSR count). The summed E-state index contributed by atoms with van der Waals surface area (Å²) in [5.74, 6) is -0.776. The van der Waals surface area contributed by atoms with Crippen molar-refractivity contribution in [2.24, 2.45) is 5.92 Å². The van der Waals surface area contributed by atoms with Crippen LogP contribution in [0.2, 0.25) is 0 Å². The van der Waals surface area contributed by atoms with Crippen molar-refractivity contribution < 1.29 is 18.3 Å². The Kier molecular flexibility index (Phi) is 3.88. The summed E-state index contributed by atoms with van der Waals surface area (Å²) in [6.07, 6.45) is 2.03. The van der Waals surface area contributed by atoms with Crippen LogP contribution in [-0.4, -0.2) is 25.0 Å². The monoisotopic (exact) mass is 311 g/mol. The molecule has 0 spiro atoms. The van der Waals surface area contributed by atoms with Gasteiger partial charge in [0.25, 0.3) is 0 Å². The molecule has 1 aliphatic rings. The van der Waals surface area contributed by atoms with Gasteiger partial charge in [-0.1, -0.05) is 6.07 Å². The fourth-order valence-electron chi connectivity index (χ4n) is 2.64. The van der Waals surface area contributed by atoms with Crippen molar-refractivity contribution in [3.8, 4) is 0 Å². The summed E-state index contributed by atoms with van der Waals surface area (Å²) in [5.41, 5.74) is 0.613. The Morgan fingerprint density at radius 2 is 1.81 bits per heavy atom. The van der Waals surface area contributed by atoms with Gasteiger partial charge in [0.05, 0.1) is 10.5 Å². The van der Waals surface area contributed by atoms with Crippen LogP contribution in [0.25, 0.3) is 0 Å². The van der Waals surface area contributed by atoms with Gasteiger partial charge in [-0.2, -0.15) is 0 Å². The molecule has 0 saturated heterocycles. The van der Waals surface area contributed by atoms with Crippen LogP contribution in [-0.2, 0) is 10.0 Å². The van der Waals surface area contributed by atoms with Crippen molar-refractivity contribution in [2.45, 2.75) is 51.0 Å². The van der Waals surface area contributed by atoms with Gasteiger partial charge in [0.2, 0.25) is 10.0 Å². The quantitative estimate of drug-likeness (QED) is 0.875. The smallest absolute Gasteiger partial charge is 0.335 e. The second kappa shape index (κ2) is 5.10. The first-order chi connectivity index (χ1) is 9.54. The summed E-state index contributed by atoms with van der Waals surface area (Å²) < 4.78 is 27.9. The predicted octanol–water partition coefficient (Wildman–Crippen LogP) is 2.47. The molecule has 21 heavy (non-hydrogen) atoms. The van der Waals surface area contributed by atoms with Crippen LogP contribution in [0.4, 0.5) is 0 Å². The van der Waals surface area contributed by atoms with Crippen molar-refractivity contribution in [3.63, 3.8) is 0 Å². The number of aryl methyl sites for hydroxylation is 2. The number of benzene rings is 1. The zero-order chi connectivity index (χ0) is 16.0. The predicted molar refractivity (Wildman–Crippen MR) is 80.0 cm³/mol. The van der Waals surface area contributed by atoms with Crippen LogP contribution < -0.4 is 4.72 Å². The Morgan fingerprint density at radius 3 is 2.29 bits per heavy atom. The highest BCUT2D eigenvalue weighted by molar-refractivity contribution is 7.89. The number of rotatable bonds is 5. The van der Waals surface area contributed by atoms with Crippen LogP contribution in [0, 0.1) is 19.8 Å². The molecule has 1 aliphatic carbocycles. The van der Waals surface area contributed by atoms with Gasteiger partial charge in [-0.15, -0.1) is 0 Å². The fraction of sp³-hybridized carbons (Fsp3) is 0.533. The molecule has 0 unspecified atom stereocenters. The van der Waals surface area contributed by atoms with E-state index in [-0.39, 0.29) is 10.5 Å². The SMILES string of the molecule is Cc1cc(C)c(S(=O)(=O)NC(C)(C)C2CC2)cc1C(=O)O.